The Balaban J connectivity index is 3.07. The first-order chi connectivity index (χ1) is 6.54. The van der Waals surface area contributed by atoms with Crippen molar-refractivity contribution in [2.45, 2.75) is 6.04 Å². The summed E-state index contributed by atoms with van der Waals surface area (Å²) < 4.78 is 0. The van der Waals surface area contributed by atoms with Crippen LogP contribution in [0.25, 0.3) is 0 Å². The van der Waals surface area contributed by atoms with Gasteiger partial charge in [0.2, 0.25) is 11.9 Å². The number of nitrogen functional groups attached to an aromatic ring is 1. The van der Waals surface area contributed by atoms with E-state index >= 15 is 0 Å². The number of nitrogens with zero attached hydrogens (tertiary/aromatic N) is 4. The van der Waals surface area contributed by atoms with E-state index in [0.29, 0.717) is 11.8 Å². The molecule has 0 radical (unpaired) electrons. The van der Waals surface area contributed by atoms with Crippen molar-refractivity contribution in [1.82, 2.24) is 15.0 Å². The number of aromatic nitrogens is 3. The van der Waals surface area contributed by atoms with Gasteiger partial charge in [-0.05, 0) is 0 Å². The van der Waals surface area contributed by atoms with E-state index in [9.17, 15) is 0 Å². The lowest BCUT2D eigenvalue weighted by Crippen LogP contribution is -2.22. The van der Waals surface area contributed by atoms with E-state index in [-0.39, 0.29) is 12.6 Å². The van der Waals surface area contributed by atoms with E-state index in [2.05, 4.69) is 15.0 Å². The first kappa shape index (κ1) is 10.6. The summed E-state index contributed by atoms with van der Waals surface area (Å²) in [5.41, 5.74) is 11.0. The number of hydrogen-bond donors (Lipinski definition) is 3. The SMILES string of the molecule is CN(C)c1nc(N)nc([C@H](N)CO)n1. The maximum atomic E-state index is 8.83. The molecule has 0 bridgehead atoms. The van der Waals surface area contributed by atoms with Crippen molar-refractivity contribution >= 4 is 11.9 Å². The van der Waals surface area contributed by atoms with Crippen molar-refractivity contribution in [3.8, 4) is 0 Å². The van der Waals surface area contributed by atoms with Gasteiger partial charge in [0.15, 0.2) is 5.82 Å². The van der Waals surface area contributed by atoms with Crippen LogP contribution >= 0.6 is 0 Å². The molecule has 0 aliphatic rings. The van der Waals surface area contributed by atoms with E-state index < -0.39 is 6.04 Å². The molecule has 0 aliphatic heterocycles. The third kappa shape index (κ3) is 2.27. The number of rotatable bonds is 3. The van der Waals surface area contributed by atoms with Crippen LogP contribution in [0.15, 0.2) is 0 Å². The summed E-state index contributed by atoms with van der Waals surface area (Å²) in [7, 11) is 3.56. The molecule has 0 aliphatic carbocycles. The summed E-state index contributed by atoms with van der Waals surface area (Å²) in [6.45, 7) is -0.226. The van der Waals surface area contributed by atoms with Crippen LogP contribution in [0.1, 0.15) is 11.9 Å². The van der Waals surface area contributed by atoms with Gasteiger partial charge in [0, 0.05) is 14.1 Å². The highest BCUT2D eigenvalue weighted by Crippen LogP contribution is 2.09. The molecule has 0 aromatic carbocycles. The minimum Gasteiger partial charge on any atom is -0.394 e. The van der Waals surface area contributed by atoms with Crippen LogP contribution in [0, 0.1) is 0 Å². The third-order valence-corrected chi connectivity index (χ3v) is 1.59. The fraction of sp³-hybridized carbons (Fsp3) is 0.571. The lowest BCUT2D eigenvalue weighted by molar-refractivity contribution is 0.263. The molecule has 1 aromatic rings. The Labute approximate surface area is 81.8 Å². The average Bonchev–Trinajstić information content (AvgIpc) is 2.15. The van der Waals surface area contributed by atoms with Gasteiger partial charge in [-0.1, -0.05) is 0 Å². The van der Waals surface area contributed by atoms with Crippen molar-refractivity contribution in [2.75, 3.05) is 31.3 Å². The summed E-state index contributed by atoms with van der Waals surface area (Å²) >= 11 is 0. The van der Waals surface area contributed by atoms with Gasteiger partial charge in [0.25, 0.3) is 0 Å². The van der Waals surface area contributed by atoms with Crippen LogP contribution in [0.4, 0.5) is 11.9 Å². The first-order valence-electron chi connectivity index (χ1n) is 4.09. The molecule has 0 saturated heterocycles. The Morgan fingerprint density at radius 2 is 2.00 bits per heavy atom. The average molecular weight is 198 g/mol. The molecule has 0 unspecified atom stereocenters. The highest BCUT2D eigenvalue weighted by Gasteiger charge is 2.11. The predicted molar refractivity (Wildman–Crippen MR) is 52.6 cm³/mol. The number of aliphatic hydroxyl groups is 1. The van der Waals surface area contributed by atoms with Crippen molar-refractivity contribution in [3.63, 3.8) is 0 Å². The summed E-state index contributed by atoms with van der Waals surface area (Å²) in [5, 5.41) is 8.83. The normalized spacial score (nSPS) is 12.6. The van der Waals surface area contributed by atoms with Gasteiger partial charge < -0.3 is 21.5 Å². The number of anilines is 2. The molecule has 1 atom stereocenters. The molecule has 0 spiro atoms. The molecule has 7 nitrogen and oxygen atoms in total. The Morgan fingerprint density at radius 1 is 1.36 bits per heavy atom. The molecule has 14 heavy (non-hydrogen) atoms. The Bertz CT molecular complexity index is 315. The molecule has 1 aromatic heterocycles. The molecule has 1 rings (SSSR count). The second-order valence-corrected chi connectivity index (χ2v) is 3.04. The van der Waals surface area contributed by atoms with Crippen molar-refractivity contribution < 1.29 is 5.11 Å². The zero-order valence-electron chi connectivity index (χ0n) is 8.18. The van der Waals surface area contributed by atoms with Crippen LogP contribution in [-0.2, 0) is 0 Å². The van der Waals surface area contributed by atoms with Crippen molar-refractivity contribution in [3.05, 3.63) is 5.82 Å². The zero-order chi connectivity index (χ0) is 10.7. The second kappa shape index (κ2) is 4.16. The fourth-order valence-electron chi connectivity index (χ4n) is 0.845. The Morgan fingerprint density at radius 3 is 2.50 bits per heavy atom. The van der Waals surface area contributed by atoms with E-state index in [1.54, 1.807) is 19.0 Å². The van der Waals surface area contributed by atoms with Crippen LogP contribution in [0.5, 0.6) is 0 Å². The Kier molecular flexibility index (Phi) is 3.15. The highest BCUT2D eigenvalue weighted by molar-refractivity contribution is 5.33. The van der Waals surface area contributed by atoms with E-state index in [1.165, 1.54) is 0 Å². The van der Waals surface area contributed by atoms with Crippen LogP contribution in [-0.4, -0.2) is 40.8 Å². The monoisotopic (exact) mass is 198 g/mol. The van der Waals surface area contributed by atoms with Crippen LogP contribution in [0.2, 0.25) is 0 Å². The Hall–Kier alpha value is -1.47. The van der Waals surface area contributed by atoms with Gasteiger partial charge in [0.1, 0.15) is 0 Å². The standard InChI is InChI=1S/C7H14N6O/c1-13(2)7-11-5(4(8)3-14)10-6(9)12-7/h4,14H,3,8H2,1-2H3,(H2,9,10,11,12)/t4-/m1/s1. The number of hydrogen-bond acceptors (Lipinski definition) is 7. The summed E-state index contributed by atoms with van der Waals surface area (Å²) in [6.07, 6.45) is 0. The quantitative estimate of drug-likeness (QED) is 0.542. The fourth-order valence-corrected chi connectivity index (χ4v) is 0.845. The first-order valence-corrected chi connectivity index (χ1v) is 4.09. The molecule has 78 valence electrons. The number of nitrogens with two attached hydrogens (primary N) is 2. The predicted octanol–water partition coefficient (Wildman–Crippen LogP) is -1.49. The molecule has 0 fully saturated rings. The van der Waals surface area contributed by atoms with E-state index in [1.807, 2.05) is 0 Å². The molecular formula is C7H14N6O. The van der Waals surface area contributed by atoms with Crippen molar-refractivity contribution in [1.29, 1.82) is 0 Å². The highest BCUT2D eigenvalue weighted by atomic mass is 16.3. The van der Waals surface area contributed by atoms with Gasteiger partial charge in [-0.25, -0.2) is 0 Å². The van der Waals surface area contributed by atoms with Gasteiger partial charge in [-0.2, -0.15) is 15.0 Å². The van der Waals surface area contributed by atoms with E-state index in [0.717, 1.165) is 0 Å². The molecule has 1 heterocycles. The van der Waals surface area contributed by atoms with Gasteiger partial charge in [-0.3, -0.25) is 0 Å². The maximum Gasteiger partial charge on any atom is 0.229 e. The van der Waals surface area contributed by atoms with Gasteiger partial charge >= 0.3 is 0 Å². The minimum atomic E-state index is -0.626. The van der Waals surface area contributed by atoms with Gasteiger partial charge in [0.05, 0.1) is 12.6 Å². The largest absolute Gasteiger partial charge is 0.394 e. The molecule has 0 amide bonds. The summed E-state index contributed by atoms with van der Waals surface area (Å²) in [4.78, 5) is 13.5. The zero-order valence-corrected chi connectivity index (χ0v) is 8.18. The second-order valence-electron chi connectivity index (χ2n) is 3.04. The number of aliphatic hydroxyl groups excluding tert-OH is 1. The van der Waals surface area contributed by atoms with Gasteiger partial charge in [-0.15, -0.1) is 0 Å². The van der Waals surface area contributed by atoms with Crippen LogP contribution < -0.4 is 16.4 Å². The summed E-state index contributed by atoms with van der Waals surface area (Å²) in [5.74, 6) is 0.822. The maximum absolute atomic E-state index is 8.83. The molecule has 5 N–H and O–H groups in total. The smallest absolute Gasteiger partial charge is 0.229 e. The third-order valence-electron chi connectivity index (χ3n) is 1.59. The molecule has 0 saturated carbocycles. The van der Waals surface area contributed by atoms with Crippen molar-refractivity contribution in [2.24, 2.45) is 5.73 Å². The minimum absolute atomic E-state index is 0.0996. The molecule has 7 heteroatoms. The molecular weight excluding hydrogens is 184 g/mol. The lowest BCUT2D eigenvalue weighted by Gasteiger charge is -2.13. The van der Waals surface area contributed by atoms with Crippen LogP contribution in [0.3, 0.4) is 0 Å². The summed E-state index contributed by atoms with van der Waals surface area (Å²) in [6, 6.07) is -0.626. The topological polar surface area (TPSA) is 114 Å². The van der Waals surface area contributed by atoms with E-state index in [4.69, 9.17) is 16.6 Å². The lowest BCUT2D eigenvalue weighted by atomic mass is 10.3.